The summed E-state index contributed by atoms with van der Waals surface area (Å²) in [6.45, 7) is 26.5. The minimum atomic E-state index is -1.98. The van der Waals surface area contributed by atoms with Gasteiger partial charge in [-0.2, -0.15) is 0 Å². The van der Waals surface area contributed by atoms with Crippen LogP contribution in [0, 0.1) is 5.92 Å². The smallest absolute Gasteiger partial charge is 0.200 e. The van der Waals surface area contributed by atoms with Gasteiger partial charge in [0.15, 0.2) is 5.79 Å². The van der Waals surface area contributed by atoms with Crippen LogP contribution in [0.1, 0.15) is 68.2 Å². The van der Waals surface area contributed by atoms with Crippen LogP contribution >= 0.6 is 0 Å². The highest BCUT2D eigenvalue weighted by molar-refractivity contribution is 6.77. The first-order valence-electron chi connectivity index (χ1n) is 10.2. The lowest BCUT2D eigenvalue weighted by Gasteiger charge is -2.49. The van der Waals surface area contributed by atoms with Crippen LogP contribution in [0.5, 0.6) is 0 Å². The van der Waals surface area contributed by atoms with Crippen LogP contribution in [0.25, 0.3) is 0 Å². The Morgan fingerprint density at radius 3 is 2.00 bits per heavy atom. The molecule has 1 heterocycles. The molecule has 0 unspecified atom stereocenters. The Morgan fingerprint density at radius 1 is 1.04 bits per heavy atom. The van der Waals surface area contributed by atoms with Crippen molar-refractivity contribution >= 4 is 8.32 Å². The lowest BCUT2D eigenvalue weighted by Crippen LogP contribution is -2.56. The minimum absolute atomic E-state index is 0.0689. The van der Waals surface area contributed by atoms with E-state index in [0.29, 0.717) is 23.2 Å². The van der Waals surface area contributed by atoms with Gasteiger partial charge in [-0.25, -0.2) is 0 Å². The SMILES string of the molecule is C=CC[C@H]1OC(C)(C)OC[C@@H]1[C@@H](CC=C)O[Si](C(C)C)(C(C)C)C(C)C. The third kappa shape index (κ3) is 5.31. The Bertz CT molecular complexity index is 435. The van der Waals surface area contributed by atoms with Crippen molar-refractivity contribution in [2.45, 2.75) is 103 Å². The second kappa shape index (κ2) is 9.68. The topological polar surface area (TPSA) is 27.7 Å². The Labute approximate surface area is 163 Å². The predicted octanol–water partition coefficient (Wildman–Crippen LogP) is 6.47. The monoisotopic (exact) mass is 382 g/mol. The molecule has 0 aromatic rings. The molecule has 4 heteroatoms. The highest BCUT2D eigenvalue weighted by Crippen LogP contribution is 2.45. The number of hydrogen-bond donors (Lipinski definition) is 0. The third-order valence-electron chi connectivity index (χ3n) is 5.87. The molecule has 0 aromatic carbocycles. The van der Waals surface area contributed by atoms with Crippen molar-refractivity contribution in [1.82, 2.24) is 0 Å². The summed E-state index contributed by atoms with van der Waals surface area (Å²) in [6.07, 6.45) is 5.71. The fourth-order valence-electron chi connectivity index (χ4n) is 4.77. The molecule has 3 atom stereocenters. The highest BCUT2D eigenvalue weighted by Gasteiger charge is 2.49. The van der Waals surface area contributed by atoms with Gasteiger partial charge in [0.05, 0.1) is 18.8 Å². The van der Waals surface area contributed by atoms with Crippen LogP contribution in [0.3, 0.4) is 0 Å². The minimum Gasteiger partial charge on any atom is -0.412 e. The third-order valence-corrected chi connectivity index (χ3v) is 12.0. The summed E-state index contributed by atoms with van der Waals surface area (Å²) in [5.41, 5.74) is 1.65. The molecule has 1 aliphatic rings. The molecule has 152 valence electrons. The molecule has 0 saturated carbocycles. The zero-order chi connectivity index (χ0) is 20.1. The van der Waals surface area contributed by atoms with Gasteiger partial charge in [-0.15, -0.1) is 13.2 Å². The number of rotatable bonds is 10. The van der Waals surface area contributed by atoms with E-state index in [9.17, 15) is 0 Å². The first-order chi connectivity index (χ1) is 12.0. The lowest BCUT2D eigenvalue weighted by molar-refractivity contribution is -0.300. The van der Waals surface area contributed by atoms with E-state index >= 15 is 0 Å². The summed E-state index contributed by atoms with van der Waals surface area (Å²) in [5.74, 6) is -0.354. The molecule has 1 saturated heterocycles. The molecule has 0 N–H and O–H groups in total. The molecular weight excluding hydrogens is 340 g/mol. The van der Waals surface area contributed by atoms with Crippen LogP contribution in [0.2, 0.25) is 16.6 Å². The summed E-state index contributed by atoms with van der Waals surface area (Å²) in [6, 6.07) is 0. The van der Waals surface area contributed by atoms with Crippen molar-refractivity contribution in [3.05, 3.63) is 25.3 Å². The van der Waals surface area contributed by atoms with Gasteiger partial charge in [-0.05, 0) is 43.3 Å². The van der Waals surface area contributed by atoms with E-state index in [1.807, 2.05) is 26.0 Å². The molecule has 1 aliphatic heterocycles. The van der Waals surface area contributed by atoms with Crippen LogP contribution in [-0.4, -0.2) is 32.9 Å². The molecule has 1 rings (SSSR count). The Balaban J connectivity index is 3.19. The van der Waals surface area contributed by atoms with Crippen molar-refractivity contribution in [2.24, 2.45) is 5.92 Å². The summed E-state index contributed by atoms with van der Waals surface area (Å²) in [5, 5.41) is 0. The molecule has 0 amide bonds. The van der Waals surface area contributed by atoms with E-state index in [1.165, 1.54) is 0 Å². The summed E-state index contributed by atoms with van der Waals surface area (Å²) in [7, 11) is -1.98. The molecule has 0 bridgehead atoms. The molecule has 0 radical (unpaired) electrons. The van der Waals surface area contributed by atoms with E-state index in [0.717, 1.165) is 12.8 Å². The van der Waals surface area contributed by atoms with E-state index in [2.05, 4.69) is 54.7 Å². The molecule has 1 fully saturated rings. The first kappa shape index (κ1) is 23.6. The highest BCUT2D eigenvalue weighted by atomic mass is 28.4. The van der Waals surface area contributed by atoms with Gasteiger partial charge in [0.1, 0.15) is 0 Å². The van der Waals surface area contributed by atoms with Gasteiger partial charge >= 0.3 is 0 Å². The normalized spacial score (nSPS) is 24.9. The van der Waals surface area contributed by atoms with Crippen molar-refractivity contribution in [1.29, 1.82) is 0 Å². The molecule has 0 aliphatic carbocycles. The molecule has 0 spiro atoms. The Morgan fingerprint density at radius 2 is 1.58 bits per heavy atom. The lowest BCUT2D eigenvalue weighted by atomic mass is 9.91. The van der Waals surface area contributed by atoms with E-state index in [-0.39, 0.29) is 18.1 Å². The fourth-order valence-corrected chi connectivity index (χ4v) is 10.4. The zero-order valence-electron chi connectivity index (χ0n) is 18.4. The zero-order valence-corrected chi connectivity index (χ0v) is 19.4. The van der Waals surface area contributed by atoms with Crippen LogP contribution in [-0.2, 0) is 13.9 Å². The number of ether oxygens (including phenoxy) is 2. The molecule has 0 aromatic heterocycles. The predicted molar refractivity (Wildman–Crippen MR) is 114 cm³/mol. The molecule has 26 heavy (non-hydrogen) atoms. The van der Waals surface area contributed by atoms with Crippen molar-refractivity contribution in [3.63, 3.8) is 0 Å². The number of hydrogen-bond acceptors (Lipinski definition) is 3. The summed E-state index contributed by atoms with van der Waals surface area (Å²) < 4.78 is 19.4. The van der Waals surface area contributed by atoms with Gasteiger partial charge in [-0.3, -0.25) is 0 Å². The largest absolute Gasteiger partial charge is 0.412 e. The second-order valence-corrected chi connectivity index (χ2v) is 14.5. The van der Waals surface area contributed by atoms with E-state index in [4.69, 9.17) is 13.9 Å². The van der Waals surface area contributed by atoms with E-state index < -0.39 is 14.1 Å². The maximum Gasteiger partial charge on any atom is 0.200 e. The van der Waals surface area contributed by atoms with Crippen molar-refractivity contribution < 1.29 is 13.9 Å². The maximum absolute atomic E-state index is 7.12. The van der Waals surface area contributed by atoms with Crippen molar-refractivity contribution in [2.75, 3.05) is 6.61 Å². The molecular formula is C22H42O3Si. The summed E-state index contributed by atoms with van der Waals surface area (Å²) in [4.78, 5) is 0. The molecule has 3 nitrogen and oxygen atoms in total. The van der Waals surface area contributed by atoms with Gasteiger partial charge in [0.2, 0.25) is 8.32 Å². The second-order valence-electron chi connectivity index (χ2n) is 9.05. The Hall–Kier alpha value is -0.423. The summed E-state index contributed by atoms with van der Waals surface area (Å²) >= 11 is 0. The van der Waals surface area contributed by atoms with Crippen LogP contribution in [0.4, 0.5) is 0 Å². The van der Waals surface area contributed by atoms with Crippen molar-refractivity contribution in [3.8, 4) is 0 Å². The maximum atomic E-state index is 7.12. The Kier molecular flexibility index (Phi) is 8.79. The fraction of sp³-hybridized carbons (Fsp3) is 0.818. The van der Waals surface area contributed by atoms with Gasteiger partial charge in [-0.1, -0.05) is 53.7 Å². The first-order valence-corrected chi connectivity index (χ1v) is 12.4. The standard InChI is InChI=1S/C22H42O3Si/c1-11-13-20-19(15-23-22(9,10)24-20)21(14-12-2)25-26(16(3)4,17(5)6)18(7)8/h11-12,16-21H,1-2,13-15H2,3-10H3/t19-,20+,21+/m0/s1. The van der Waals surface area contributed by atoms with Crippen LogP contribution in [0.15, 0.2) is 25.3 Å². The average Bonchev–Trinajstić information content (AvgIpc) is 2.50. The van der Waals surface area contributed by atoms with Gasteiger partial charge in [0, 0.05) is 5.92 Å². The van der Waals surface area contributed by atoms with Gasteiger partial charge < -0.3 is 13.9 Å². The van der Waals surface area contributed by atoms with E-state index in [1.54, 1.807) is 0 Å². The van der Waals surface area contributed by atoms with Gasteiger partial charge in [0.25, 0.3) is 0 Å². The average molecular weight is 383 g/mol. The van der Waals surface area contributed by atoms with Crippen LogP contribution < -0.4 is 0 Å². The quantitative estimate of drug-likeness (QED) is 0.320.